The quantitative estimate of drug-likeness (QED) is 0.815. The summed E-state index contributed by atoms with van der Waals surface area (Å²) in [6.45, 7) is 10.3. The van der Waals surface area contributed by atoms with Crippen molar-refractivity contribution in [2.45, 2.75) is 46.3 Å². The van der Waals surface area contributed by atoms with Crippen molar-refractivity contribution in [1.29, 1.82) is 0 Å². The van der Waals surface area contributed by atoms with E-state index in [0.717, 1.165) is 0 Å². The predicted octanol–water partition coefficient (Wildman–Crippen LogP) is 2.44. The molecule has 4 nitrogen and oxygen atoms in total. The van der Waals surface area contributed by atoms with Gasteiger partial charge in [-0.3, -0.25) is 9.78 Å². The highest BCUT2D eigenvalue weighted by molar-refractivity contribution is 5.97. The fourth-order valence-electron chi connectivity index (χ4n) is 1.36. The minimum absolute atomic E-state index is 0.0200. The maximum absolute atomic E-state index is 12.0. The van der Waals surface area contributed by atoms with Gasteiger partial charge in [0.25, 0.3) is 0 Å². The van der Waals surface area contributed by atoms with Crippen molar-refractivity contribution in [3.05, 3.63) is 24.0 Å². The van der Waals surface area contributed by atoms with Gasteiger partial charge in [0.15, 0.2) is 5.78 Å². The molecule has 0 saturated heterocycles. The van der Waals surface area contributed by atoms with E-state index in [9.17, 15) is 4.79 Å². The molecule has 1 rings (SSSR count). The van der Waals surface area contributed by atoms with Gasteiger partial charge in [-0.2, -0.15) is 0 Å². The lowest BCUT2D eigenvalue weighted by atomic mass is 10.1. The van der Waals surface area contributed by atoms with Crippen molar-refractivity contribution in [2.75, 3.05) is 6.54 Å². The molecule has 1 aromatic rings. The molecule has 4 heteroatoms. The van der Waals surface area contributed by atoms with Gasteiger partial charge in [0.1, 0.15) is 5.75 Å². The highest BCUT2D eigenvalue weighted by Gasteiger charge is 2.13. The number of hydrogen-bond acceptors (Lipinski definition) is 4. The van der Waals surface area contributed by atoms with Crippen LogP contribution in [0.15, 0.2) is 18.5 Å². The predicted molar refractivity (Wildman–Crippen MR) is 72.1 cm³/mol. The molecule has 0 fully saturated rings. The van der Waals surface area contributed by atoms with E-state index in [1.165, 1.54) is 0 Å². The second-order valence-electron chi connectivity index (χ2n) is 5.60. The maximum Gasteiger partial charge on any atom is 0.178 e. The molecule has 0 aliphatic heterocycles. The molecular formula is C14H22N2O2. The van der Waals surface area contributed by atoms with Crippen molar-refractivity contribution >= 4 is 5.78 Å². The van der Waals surface area contributed by atoms with Crippen LogP contribution in [0.25, 0.3) is 0 Å². The van der Waals surface area contributed by atoms with Crippen LogP contribution in [0.2, 0.25) is 0 Å². The van der Waals surface area contributed by atoms with Gasteiger partial charge in [0, 0.05) is 17.3 Å². The van der Waals surface area contributed by atoms with E-state index < -0.39 is 0 Å². The lowest BCUT2D eigenvalue weighted by molar-refractivity contribution is 0.0981. The van der Waals surface area contributed by atoms with Crippen molar-refractivity contribution in [3.63, 3.8) is 0 Å². The van der Waals surface area contributed by atoms with E-state index in [2.05, 4.69) is 10.3 Å². The number of carbonyl (C=O) groups is 1. The summed E-state index contributed by atoms with van der Waals surface area (Å²) in [5.74, 6) is 0.651. The van der Waals surface area contributed by atoms with Crippen LogP contribution in [-0.4, -0.2) is 29.0 Å². The Hall–Kier alpha value is -1.42. The van der Waals surface area contributed by atoms with Gasteiger partial charge in [0.2, 0.25) is 0 Å². The van der Waals surface area contributed by atoms with Gasteiger partial charge < -0.3 is 10.1 Å². The van der Waals surface area contributed by atoms with Crippen LogP contribution in [0.3, 0.4) is 0 Å². The molecule has 18 heavy (non-hydrogen) atoms. The number of Topliss-reactive ketones (excluding diaryl/α,β-unsaturated/α-hetero) is 1. The lowest BCUT2D eigenvalue weighted by Gasteiger charge is -2.19. The van der Waals surface area contributed by atoms with Gasteiger partial charge in [-0.25, -0.2) is 0 Å². The van der Waals surface area contributed by atoms with E-state index in [1.54, 1.807) is 18.5 Å². The largest absolute Gasteiger partial charge is 0.489 e. The van der Waals surface area contributed by atoms with E-state index in [1.807, 2.05) is 34.6 Å². The van der Waals surface area contributed by atoms with E-state index in [0.29, 0.717) is 17.9 Å². The van der Waals surface area contributed by atoms with E-state index >= 15 is 0 Å². The average Bonchev–Trinajstić information content (AvgIpc) is 2.24. The van der Waals surface area contributed by atoms with Gasteiger partial charge in [-0.05, 0) is 40.7 Å². The maximum atomic E-state index is 12.0. The Bertz CT molecular complexity index is 409. The number of pyridine rings is 1. The molecule has 1 heterocycles. The molecule has 0 aliphatic carbocycles. The fourth-order valence-corrected chi connectivity index (χ4v) is 1.36. The summed E-state index contributed by atoms with van der Waals surface area (Å²) >= 11 is 0. The van der Waals surface area contributed by atoms with Crippen molar-refractivity contribution in [3.8, 4) is 5.75 Å². The first kappa shape index (κ1) is 14.6. The fraction of sp³-hybridized carbons (Fsp3) is 0.571. The summed E-state index contributed by atoms with van der Waals surface area (Å²) in [4.78, 5) is 16.0. The Morgan fingerprint density at radius 1 is 1.39 bits per heavy atom. The summed E-state index contributed by atoms with van der Waals surface area (Å²) in [7, 11) is 0. The number of hydrogen-bond donors (Lipinski definition) is 1. The standard InChI is InChI=1S/C14H22N2O2/c1-10(2)18-12-6-11(7-15-8-12)13(17)9-16-14(3,4)5/h6-8,10,16H,9H2,1-5H3. The van der Waals surface area contributed by atoms with Crippen LogP contribution in [0, 0.1) is 0 Å². The number of nitrogens with one attached hydrogen (secondary N) is 1. The van der Waals surface area contributed by atoms with Gasteiger partial charge in [-0.1, -0.05) is 0 Å². The molecule has 0 unspecified atom stereocenters. The van der Waals surface area contributed by atoms with Crippen molar-refractivity contribution < 1.29 is 9.53 Å². The average molecular weight is 250 g/mol. The second kappa shape index (κ2) is 5.96. The SMILES string of the molecule is CC(C)Oc1cncc(C(=O)CNC(C)(C)C)c1. The highest BCUT2D eigenvalue weighted by Crippen LogP contribution is 2.13. The van der Waals surface area contributed by atoms with E-state index in [-0.39, 0.29) is 17.4 Å². The molecule has 0 amide bonds. The molecule has 0 saturated carbocycles. The molecule has 100 valence electrons. The van der Waals surface area contributed by atoms with Crippen LogP contribution < -0.4 is 10.1 Å². The molecule has 0 aromatic carbocycles. The molecule has 0 radical (unpaired) electrons. The molecule has 0 atom stereocenters. The Labute approximate surface area is 109 Å². The summed E-state index contributed by atoms with van der Waals surface area (Å²) in [6.07, 6.45) is 3.26. The molecule has 0 spiro atoms. The monoisotopic (exact) mass is 250 g/mol. The highest BCUT2D eigenvalue weighted by atomic mass is 16.5. The third-order valence-corrected chi connectivity index (χ3v) is 2.19. The van der Waals surface area contributed by atoms with E-state index in [4.69, 9.17) is 4.74 Å². The number of carbonyl (C=O) groups excluding carboxylic acids is 1. The summed E-state index contributed by atoms with van der Waals surface area (Å²) in [6, 6.07) is 1.74. The normalized spacial score (nSPS) is 11.7. The van der Waals surface area contributed by atoms with Crippen LogP contribution in [0.1, 0.15) is 45.0 Å². The zero-order chi connectivity index (χ0) is 13.8. The first-order chi connectivity index (χ1) is 8.28. The van der Waals surface area contributed by atoms with Crippen LogP contribution in [0.4, 0.5) is 0 Å². The van der Waals surface area contributed by atoms with Crippen LogP contribution >= 0.6 is 0 Å². The van der Waals surface area contributed by atoms with Gasteiger partial charge in [-0.15, -0.1) is 0 Å². The summed E-state index contributed by atoms with van der Waals surface area (Å²) in [5.41, 5.74) is 0.500. The Morgan fingerprint density at radius 2 is 2.06 bits per heavy atom. The van der Waals surface area contributed by atoms with Crippen LogP contribution in [0.5, 0.6) is 5.75 Å². The smallest absolute Gasteiger partial charge is 0.178 e. The number of ether oxygens (including phenoxy) is 1. The van der Waals surface area contributed by atoms with Crippen molar-refractivity contribution in [1.82, 2.24) is 10.3 Å². The zero-order valence-corrected chi connectivity index (χ0v) is 11.8. The zero-order valence-electron chi connectivity index (χ0n) is 11.8. The number of aromatic nitrogens is 1. The third-order valence-electron chi connectivity index (χ3n) is 2.19. The third kappa shape index (κ3) is 5.27. The second-order valence-corrected chi connectivity index (χ2v) is 5.60. The van der Waals surface area contributed by atoms with Crippen molar-refractivity contribution in [2.24, 2.45) is 0 Å². The number of nitrogens with zero attached hydrogens (tertiary/aromatic N) is 1. The van der Waals surface area contributed by atoms with Crippen LogP contribution in [-0.2, 0) is 0 Å². The first-order valence-corrected chi connectivity index (χ1v) is 6.18. The minimum Gasteiger partial charge on any atom is -0.489 e. The van der Waals surface area contributed by atoms with Gasteiger partial charge >= 0.3 is 0 Å². The summed E-state index contributed by atoms with van der Waals surface area (Å²) < 4.78 is 5.52. The lowest BCUT2D eigenvalue weighted by Crippen LogP contribution is -2.39. The first-order valence-electron chi connectivity index (χ1n) is 6.18. The summed E-state index contributed by atoms with van der Waals surface area (Å²) in [5, 5.41) is 3.16. The molecule has 0 bridgehead atoms. The number of ketones is 1. The minimum atomic E-state index is -0.0743. The topological polar surface area (TPSA) is 51.2 Å². The Kier molecular flexibility index (Phi) is 4.84. The Morgan fingerprint density at radius 3 is 2.61 bits per heavy atom. The molecule has 1 N–H and O–H groups in total. The van der Waals surface area contributed by atoms with Gasteiger partial charge in [0.05, 0.1) is 18.8 Å². The molecular weight excluding hydrogens is 228 g/mol. The number of rotatable bonds is 5. The molecule has 1 aromatic heterocycles. The Balaban J connectivity index is 2.68. The molecule has 0 aliphatic rings.